The second-order valence-corrected chi connectivity index (χ2v) is 8.94. The fraction of sp³-hybridized carbons (Fsp3) is 0.400. The van der Waals surface area contributed by atoms with Gasteiger partial charge >= 0.3 is 0 Å². The van der Waals surface area contributed by atoms with Crippen LogP contribution in [0.25, 0.3) is 10.9 Å². The van der Waals surface area contributed by atoms with Crippen LogP contribution in [0, 0.1) is 0 Å². The Kier molecular flexibility index (Phi) is 7.81. The average Bonchev–Trinajstić information content (AvgIpc) is 2.83. The van der Waals surface area contributed by atoms with Gasteiger partial charge in [-0.3, -0.25) is 4.79 Å². The quantitative estimate of drug-likeness (QED) is 0.564. The van der Waals surface area contributed by atoms with Gasteiger partial charge in [0, 0.05) is 36.8 Å². The van der Waals surface area contributed by atoms with Gasteiger partial charge in [0.05, 0.1) is 5.52 Å². The highest BCUT2D eigenvalue weighted by atomic mass is 35.5. The summed E-state index contributed by atoms with van der Waals surface area (Å²) in [5, 5.41) is 5.37. The van der Waals surface area contributed by atoms with Crippen LogP contribution in [0.15, 0.2) is 53.3 Å². The van der Waals surface area contributed by atoms with E-state index in [9.17, 15) is 4.79 Å². The minimum absolute atomic E-state index is 0. The molecule has 0 aliphatic carbocycles. The standard InChI is InChI=1S/C25H28ClN3O3.ClH/c26-20-3-4-22-19(16-20)2-6-25(30)29(22)12-11-28-9-7-21(8-10-28)27-17-18-1-5-23-24(15-18)32-14-13-31-23;/h1-6,15-16,21,27H,7-14,17H2;1H. The van der Waals surface area contributed by atoms with Gasteiger partial charge < -0.3 is 24.3 Å². The molecule has 0 spiro atoms. The van der Waals surface area contributed by atoms with Crippen LogP contribution in [0.2, 0.25) is 5.02 Å². The minimum Gasteiger partial charge on any atom is -0.486 e. The number of nitrogens with one attached hydrogen (secondary N) is 1. The van der Waals surface area contributed by atoms with Gasteiger partial charge in [0.1, 0.15) is 13.2 Å². The van der Waals surface area contributed by atoms with E-state index in [2.05, 4.69) is 22.3 Å². The zero-order chi connectivity index (χ0) is 21.9. The molecule has 3 heterocycles. The lowest BCUT2D eigenvalue weighted by Crippen LogP contribution is -2.43. The highest BCUT2D eigenvalue weighted by Gasteiger charge is 2.19. The summed E-state index contributed by atoms with van der Waals surface area (Å²) in [6.45, 7) is 5.68. The molecule has 0 saturated carbocycles. The first-order chi connectivity index (χ1) is 15.7. The van der Waals surface area contributed by atoms with E-state index in [4.69, 9.17) is 21.1 Å². The maximum atomic E-state index is 12.4. The molecule has 5 rings (SSSR count). The molecular weight excluding hydrogens is 461 g/mol. The van der Waals surface area contributed by atoms with Crippen molar-refractivity contribution < 1.29 is 9.47 Å². The molecule has 8 heteroatoms. The Balaban J connectivity index is 0.00000259. The number of aromatic nitrogens is 1. The Hall–Kier alpha value is -2.25. The molecule has 0 radical (unpaired) electrons. The molecule has 176 valence electrons. The lowest BCUT2D eigenvalue weighted by Gasteiger charge is -2.32. The summed E-state index contributed by atoms with van der Waals surface area (Å²) in [6, 6.07) is 15.8. The van der Waals surface area contributed by atoms with E-state index in [1.807, 2.05) is 34.9 Å². The number of piperidine rings is 1. The van der Waals surface area contributed by atoms with Crippen LogP contribution in [0.5, 0.6) is 11.5 Å². The first kappa shape index (κ1) is 23.9. The van der Waals surface area contributed by atoms with Crippen molar-refractivity contribution in [3.05, 3.63) is 69.5 Å². The molecule has 1 N–H and O–H groups in total. The van der Waals surface area contributed by atoms with Crippen molar-refractivity contribution in [2.24, 2.45) is 0 Å². The van der Waals surface area contributed by atoms with Crippen LogP contribution in [-0.2, 0) is 13.1 Å². The molecule has 3 aromatic rings. The zero-order valence-corrected chi connectivity index (χ0v) is 20.0. The van der Waals surface area contributed by atoms with Gasteiger partial charge in [0.25, 0.3) is 5.56 Å². The highest BCUT2D eigenvalue weighted by Crippen LogP contribution is 2.30. The molecule has 33 heavy (non-hydrogen) atoms. The molecule has 0 amide bonds. The minimum atomic E-state index is 0. The molecule has 0 unspecified atom stereocenters. The number of ether oxygens (including phenoxy) is 2. The third kappa shape index (κ3) is 5.64. The van der Waals surface area contributed by atoms with E-state index in [0.717, 1.165) is 61.4 Å². The van der Waals surface area contributed by atoms with Crippen LogP contribution in [0.1, 0.15) is 18.4 Å². The predicted molar refractivity (Wildman–Crippen MR) is 134 cm³/mol. The molecule has 1 fully saturated rings. The van der Waals surface area contributed by atoms with Gasteiger partial charge in [-0.05, 0) is 73.3 Å². The van der Waals surface area contributed by atoms with Crippen LogP contribution in [0.3, 0.4) is 0 Å². The van der Waals surface area contributed by atoms with Crippen molar-refractivity contribution >= 4 is 34.9 Å². The molecular formula is C25H29Cl2N3O3. The van der Waals surface area contributed by atoms with Crippen molar-refractivity contribution in [1.29, 1.82) is 0 Å². The lowest BCUT2D eigenvalue weighted by atomic mass is 10.0. The normalized spacial score (nSPS) is 16.5. The Labute approximate surface area is 204 Å². The van der Waals surface area contributed by atoms with Crippen molar-refractivity contribution in [1.82, 2.24) is 14.8 Å². The monoisotopic (exact) mass is 489 g/mol. The third-order valence-corrected chi connectivity index (χ3v) is 6.62. The molecule has 2 aliphatic rings. The van der Waals surface area contributed by atoms with E-state index in [1.54, 1.807) is 6.07 Å². The predicted octanol–water partition coefficient (Wildman–Crippen LogP) is 4.10. The number of pyridine rings is 1. The second-order valence-electron chi connectivity index (χ2n) is 8.50. The van der Waals surface area contributed by atoms with Crippen molar-refractivity contribution in [2.45, 2.75) is 32.0 Å². The van der Waals surface area contributed by atoms with Crippen LogP contribution in [-0.4, -0.2) is 48.4 Å². The van der Waals surface area contributed by atoms with Gasteiger partial charge in [0.2, 0.25) is 0 Å². The summed E-state index contributed by atoms with van der Waals surface area (Å²) in [6.07, 6.45) is 2.20. The number of rotatable bonds is 6. The van der Waals surface area contributed by atoms with Gasteiger partial charge in [-0.2, -0.15) is 0 Å². The van der Waals surface area contributed by atoms with Gasteiger partial charge in [-0.25, -0.2) is 0 Å². The maximum absolute atomic E-state index is 12.4. The van der Waals surface area contributed by atoms with Crippen molar-refractivity contribution in [3.63, 3.8) is 0 Å². The summed E-state index contributed by atoms with van der Waals surface area (Å²) in [4.78, 5) is 14.9. The zero-order valence-electron chi connectivity index (χ0n) is 18.5. The topological polar surface area (TPSA) is 55.7 Å². The smallest absolute Gasteiger partial charge is 0.251 e. The van der Waals surface area contributed by atoms with Crippen LogP contribution < -0.4 is 20.3 Å². The van der Waals surface area contributed by atoms with Crippen LogP contribution in [0.4, 0.5) is 0 Å². The molecule has 2 aliphatic heterocycles. The Morgan fingerprint density at radius 1 is 0.939 bits per heavy atom. The molecule has 6 nitrogen and oxygen atoms in total. The lowest BCUT2D eigenvalue weighted by molar-refractivity contribution is 0.171. The fourth-order valence-corrected chi connectivity index (χ4v) is 4.75. The van der Waals surface area contributed by atoms with Gasteiger partial charge in [-0.1, -0.05) is 17.7 Å². The number of hydrogen-bond acceptors (Lipinski definition) is 5. The Morgan fingerprint density at radius 3 is 2.55 bits per heavy atom. The fourth-order valence-electron chi connectivity index (χ4n) is 4.57. The average molecular weight is 490 g/mol. The van der Waals surface area contributed by atoms with Gasteiger partial charge in [0.15, 0.2) is 11.5 Å². The largest absolute Gasteiger partial charge is 0.486 e. The molecule has 1 aromatic heterocycles. The Bertz CT molecular complexity index is 1160. The number of benzene rings is 2. The number of halogens is 2. The van der Waals surface area contributed by atoms with Crippen molar-refractivity contribution in [3.8, 4) is 11.5 Å². The second kappa shape index (κ2) is 10.8. The number of likely N-dealkylation sites (tertiary alicyclic amines) is 1. The Morgan fingerprint density at radius 2 is 1.73 bits per heavy atom. The van der Waals surface area contributed by atoms with E-state index >= 15 is 0 Å². The summed E-state index contributed by atoms with van der Waals surface area (Å²) in [5.41, 5.74) is 2.20. The van der Waals surface area contributed by atoms with E-state index in [0.29, 0.717) is 30.8 Å². The highest BCUT2D eigenvalue weighted by molar-refractivity contribution is 6.31. The molecule has 0 bridgehead atoms. The molecule has 2 aromatic carbocycles. The first-order valence-electron chi connectivity index (χ1n) is 11.3. The third-order valence-electron chi connectivity index (χ3n) is 6.38. The summed E-state index contributed by atoms with van der Waals surface area (Å²) < 4.78 is 13.1. The maximum Gasteiger partial charge on any atom is 0.251 e. The molecule has 1 saturated heterocycles. The van der Waals surface area contributed by atoms with E-state index < -0.39 is 0 Å². The summed E-state index contributed by atoms with van der Waals surface area (Å²) >= 11 is 6.11. The van der Waals surface area contributed by atoms with E-state index in [-0.39, 0.29) is 18.0 Å². The van der Waals surface area contributed by atoms with Crippen LogP contribution >= 0.6 is 24.0 Å². The van der Waals surface area contributed by atoms with E-state index in [1.165, 1.54) is 5.56 Å². The first-order valence-corrected chi connectivity index (χ1v) is 11.7. The SMILES string of the molecule is Cl.O=c1ccc2cc(Cl)ccc2n1CCN1CCC(NCc2ccc3c(c2)OCCO3)CC1. The summed E-state index contributed by atoms with van der Waals surface area (Å²) in [7, 11) is 0. The number of fused-ring (bicyclic) bond motifs is 2. The van der Waals surface area contributed by atoms with Crippen molar-refractivity contribution in [2.75, 3.05) is 32.8 Å². The van der Waals surface area contributed by atoms with Gasteiger partial charge in [-0.15, -0.1) is 12.4 Å². The number of nitrogens with zero attached hydrogens (tertiary/aromatic N) is 2. The molecule has 0 atom stereocenters. The number of hydrogen-bond donors (Lipinski definition) is 1. The summed E-state index contributed by atoms with van der Waals surface area (Å²) in [5.74, 6) is 1.68.